The van der Waals surface area contributed by atoms with E-state index in [-0.39, 0.29) is 0 Å². The van der Waals surface area contributed by atoms with Crippen molar-refractivity contribution in [2.24, 2.45) is 10.8 Å². The number of unbranched alkanes of at least 4 members (excludes halogenated alkanes) is 3. The van der Waals surface area contributed by atoms with Gasteiger partial charge in [0.15, 0.2) is 0 Å². The van der Waals surface area contributed by atoms with Gasteiger partial charge in [-0.05, 0) is 43.2 Å². The molecule has 1 rings (SSSR count). The number of nitrogens with zero attached hydrogens (tertiary/aromatic N) is 1. The zero-order valence-electron chi connectivity index (χ0n) is 13.5. The normalized spacial score (nSPS) is 21.2. The van der Waals surface area contributed by atoms with Gasteiger partial charge in [0, 0.05) is 6.54 Å². The summed E-state index contributed by atoms with van der Waals surface area (Å²) in [7, 11) is 0. The molecule has 1 aliphatic heterocycles. The van der Waals surface area contributed by atoms with Crippen LogP contribution >= 0.6 is 0 Å². The van der Waals surface area contributed by atoms with E-state index >= 15 is 0 Å². The molecule has 0 N–H and O–H groups in total. The van der Waals surface area contributed by atoms with Crippen molar-refractivity contribution in [3.63, 3.8) is 0 Å². The average molecular weight is 253 g/mol. The third-order valence-electron chi connectivity index (χ3n) is 4.57. The van der Waals surface area contributed by atoms with E-state index in [1.165, 1.54) is 64.6 Å². The summed E-state index contributed by atoms with van der Waals surface area (Å²) in [6, 6.07) is 0. The highest BCUT2D eigenvalue weighted by Crippen LogP contribution is 2.32. The third-order valence-corrected chi connectivity index (χ3v) is 4.57. The molecule has 108 valence electrons. The molecule has 0 aromatic heterocycles. The Labute approximate surface area is 115 Å². The van der Waals surface area contributed by atoms with Crippen molar-refractivity contribution in [3.8, 4) is 0 Å². The fourth-order valence-corrected chi connectivity index (χ4v) is 3.03. The van der Waals surface area contributed by atoms with Crippen LogP contribution in [-0.2, 0) is 0 Å². The van der Waals surface area contributed by atoms with Crippen molar-refractivity contribution in [3.05, 3.63) is 0 Å². The molecule has 0 saturated carbocycles. The van der Waals surface area contributed by atoms with Gasteiger partial charge in [0.05, 0.1) is 0 Å². The minimum atomic E-state index is 0.509. The highest BCUT2D eigenvalue weighted by Gasteiger charge is 2.28. The largest absolute Gasteiger partial charge is 0.303 e. The van der Waals surface area contributed by atoms with Crippen molar-refractivity contribution in [1.29, 1.82) is 0 Å². The van der Waals surface area contributed by atoms with E-state index in [2.05, 4.69) is 39.5 Å². The monoisotopic (exact) mass is 253 g/mol. The molecule has 0 amide bonds. The molecule has 1 heterocycles. The number of hydrogen-bond acceptors (Lipinski definition) is 1. The highest BCUT2D eigenvalue weighted by molar-refractivity contribution is 4.82. The standard InChI is InChI=1S/C17H35N/c1-6-7-8-9-10-17(4,5)15-18-13-11-16(2,3)12-14-18/h6-15H2,1-5H3. The molecule has 0 atom stereocenters. The van der Waals surface area contributed by atoms with Crippen LogP contribution in [0.15, 0.2) is 0 Å². The van der Waals surface area contributed by atoms with Gasteiger partial charge in [0.25, 0.3) is 0 Å². The summed E-state index contributed by atoms with van der Waals surface area (Å²) < 4.78 is 0. The Balaban J connectivity index is 2.23. The van der Waals surface area contributed by atoms with Crippen LogP contribution in [0.1, 0.15) is 79.6 Å². The molecule has 1 fully saturated rings. The van der Waals surface area contributed by atoms with Crippen LogP contribution in [-0.4, -0.2) is 24.5 Å². The van der Waals surface area contributed by atoms with Gasteiger partial charge in [-0.3, -0.25) is 0 Å². The second-order valence-electron chi connectivity index (χ2n) is 7.92. The Morgan fingerprint density at radius 2 is 1.61 bits per heavy atom. The topological polar surface area (TPSA) is 3.24 Å². The lowest BCUT2D eigenvalue weighted by atomic mass is 9.80. The van der Waals surface area contributed by atoms with Crippen molar-refractivity contribution in [1.82, 2.24) is 4.90 Å². The Kier molecular flexibility index (Phi) is 6.17. The first-order chi connectivity index (χ1) is 8.35. The molecule has 18 heavy (non-hydrogen) atoms. The summed E-state index contributed by atoms with van der Waals surface area (Å²) >= 11 is 0. The fraction of sp³-hybridized carbons (Fsp3) is 1.00. The van der Waals surface area contributed by atoms with Crippen LogP contribution in [0.25, 0.3) is 0 Å². The molecule has 0 aliphatic carbocycles. The third kappa shape index (κ3) is 6.22. The second-order valence-corrected chi connectivity index (χ2v) is 7.92. The molecule has 0 aromatic carbocycles. The fourth-order valence-electron chi connectivity index (χ4n) is 3.03. The lowest BCUT2D eigenvalue weighted by Crippen LogP contribution is -2.42. The van der Waals surface area contributed by atoms with E-state index in [0.29, 0.717) is 10.8 Å². The minimum absolute atomic E-state index is 0.509. The Bertz CT molecular complexity index is 220. The molecule has 1 heteroatoms. The predicted molar refractivity (Wildman–Crippen MR) is 82.0 cm³/mol. The molecule has 0 aromatic rings. The minimum Gasteiger partial charge on any atom is -0.303 e. The van der Waals surface area contributed by atoms with Gasteiger partial charge in [-0.25, -0.2) is 0 Å². The molecule has 0 radical (unpaired) electrons. The van der Waals surface area contributed by atoms with Crippen molar-refractivity contribution in [2.75, 3.05) is 19.6 Å². The molecule has 0 spiro atoms. The highest BCUT2D eigenvalue weighted by atomic mass is 15.1. The van der Waals surface area contributed by atoms with Crippen LogP contribution in [0.4, 0.5) is 0 Å². The first kappa shape index (κ1) is 16.0. The van der Waals surface area contributed by atoms with Gasteiger partial charge >= 0.3 is 0 Å². The summed E-state index contributed by atoms with van der Waals surface area (Å²) in [4.78, 5) is 2.70. The van der Waals surface area contributed by atoms with Crippen molar-refractivity contribution < 1.29 is 0 Å². The van der Waals surface area contributed by atoms with Gasteiger partial charge in [-0.1, -0.05) is 60.3 Å². The van der Waals surface area contributed by atoms with E-state index < -0.39 is 0 Å². The number of piperidine rings is 1. The summed E-state index contributed by atoms with van der Waals surface area (Å²) in [5, 5.41) is 0. The van der Waals surface area contributed by atoms with Crippen LogP contribution in [0.2, 0.25) is 0 Å². The zero-order chi connectivity index (χ0) is 13.6. The van der Waals surface area contributed by atoms with Crippen LogP contribution < -0.4 is 0 Å². The maximum Gasteiger partial charge on any atom is 0.00327 e. The quantitative estimate of drug-likeness (QED) is 0.570. The van der Waals surface area contributed by atoms with E-state index in [1.54, 1.807) is 0 Å². The van der Waals surface area contributed by atoms with E-state index in [9.17, 15) is 0 Å². The van der Waals surface area contributed by atoms with Crippen LogP contribution in [0, 0.1) is 10.8 Å². The average Bonchev–Trinajstić information content (AvgIpc) is 2.27. The lowest BCUT2D eigenvalue weighted by Gasteiger charge is -2.40. The summed E-state index contributed by atoms with van der Waals surface area (Å²) in [5.74, 6) is 0. The van der Waals surface area contributed by atoms with E-state index in [1.807, 2.05) is 0 Å². The van der Waals surface area contributed by atoms with E-state index in [4.69, 9.17) is 0 Å². The Morgan fingerprint density at radius 1 is 1.00 bits per heavy atom. The Hall–Kier alpha value is -0.0400. The summed E-state index contributed by atoms with van der Waals surface area (Å²) in [6.45, 7) is 16.0. The maximum absolute atomic E-state index is 2.70. The van der Waals surface area contributed by atoms with Crippen LogP contribution in [0.3, 0.4) is 0 Å². The molecule has 0 unspecified atom stereocenters. The van der Waals surface area contributed by atoms with E-state index in [0.717, 1.165) is 0 Å². The first-order valence-electron chi connectivity index (χ1n) is 8.07. The van der Waals surface area contributed by atoms with Gasteiger partial charge in [0.2, 0.25) is 0 Å². The SMILES string of the molecule is CCCCCCC(C)(C)CN1CCC(C)(C)CC1. The maximum atomic E-state index is 2.70. The molecule has 0 bridgehead atoms. The van der Waals surface area contributed by atoms with Gasteiger partial charge in [-0.2, -0.15) is 0 Å². The first-order valence-corrected chi connectivity index (χ1v) is 8.07. The number of likely N-dealkylation sites (tertiary alicyclic amines) is 1. The second kappa shape index (κ2) is 6.93. The smallest absolute Gasteiger partial charge is 0.00327 e. The van der Waals surface area contributed by atoms with Gasteiger partial charge < -0.3 is 4.90 Å². The lowest BCUT2D eigenvalue weighted by molar-refractivity contribution is 0.0904. The van der Waals surface area contributed by atoms with Gasteiger partial charge in [-0.15, -0.1) is 0 Å². The van der Waals surface area contributed by atoms with Crippen LogP contribution in [0.5, 0.6) is 0 Å². The van der Waals surface area contributed by atoms with Crippen molar-refractivity contribution >= 4 is 0 Å². The molecular weight excluding hydrogens is 218 g/mol. The molecule has 1 saturated heterocycles. The predicted octanol–water partition coefficient (Wildman–Crippen LogP) is 5.11. The Morgan fingerprint density at radius 3 is 2.17 bits per heavy atom. The summed E-state index contributed by atoms with van der Waals surface area (Å²) in [6.07, 6.45) is 9.74. The molecule has 1 aliphatic rings. The number of rotatable bonds is 7. The molecular formula is C17H35N. The van der Waals surface area contributed by atoms with Crippen molar-refractivity contribution in [2.45, 2.75) is 79.6 Å². The summed E-state index contributed by atoms with van der Waals surface area (Å²) in [5.41, 5.74) is 1.09. The number of hydrogen-bond donors (Lipinski definition) is 0. The zero-order valence-corrected chi connectivity index (χ0v) is 13.5. The van der Waals surface area contributed by atoms with Gasteiger partial charge in [0.1, 0.15) is 0 Å². The molecule has 1 nitrogen and oxygen atoms in total.